The van der Waals surface area contributed by atoms with E-state index >= 15 is 0 Å². The number of nitrogens with one attached hydrogen (secondary N) is 1. The predicted molar refractivity (Wildman–Crippen MR) is 105 cm³/mol. The van der Waals surface area contributed by atoms with Crippen LogP contribution in [-0.2, 0) is 14.4 Å². The zero-order chi connectivity index (χ0) is 20.6. The van der Waals surface area contributed by atoms with Crippen LogP contribution in [-0.4, -0.2) is 34.4 Å². The van der Waals surface area contributed by atoms with E-state index in [2.05, 4.69) is 5.32 Å². The first-order valence-electron chi connectivity index (χ1n) is 8.24. The highest BCUT2D eigenvalue weighted by molar-refractivity contribution is 6.33. The summed E-state index contributed by atoms with van der Waals surface area (Å²) in [4.78, 5) is 36.4. The number of carboxylic acid groups (broad SMARTS) is 1. The van der Waals surface area contributed by atoms with Crippen molar-refractivity contribution in [1.82, 2.24) is 5.32 Å². The molecule has 0 aliphatic heterocycles. The maximum Gasteiger partial charge on any atom is 0.322 e. The number of Topliss-reactive ketones (excluding diaryl/α,β-unsaturated/α-hetero) is 1. The van der Waals surface area contributed by atoms with Crippen molar-refractivity contribution in [3.8, 4) is 0 Å². The lowest BCUT2D eigenvalue weighted by Gasteiger charge is -2.28. The van der Waals surface area contributed by atoms with Gasteiger partial charge in [-0.1, -0.05) is 41.4 Å². The third-order valence-electron chi connectivity index (χ3n) is 4.55. The monoisotopic (exact) mass is 419 g/mol. The van der Waals surface area contributed by atoms with Crippen LogP contribution in [0, 0.1) is 6.92 Å². The molecule has 6 nitrogen and oxygen atoms in total. The minimum absolute atomic E-state index is 0.285. The van der Waals surface area contributed by atoms with E-state index < -0.39 is 41.5 Å². The number of aliphatic hydroxyl groups is 1. The maximum absolute atomic E-state index is 13.2. The van der Waals surface area contributed by atoms with E-state index in [1.165, 1.54) is 0 Å². The number of aliphatic hydroxyl groups excluding tert-OH is 1. The zero-order valence-corrected chi connectivity index (χ0v) is 16.1. The van der Waals surface area contributed by atoms with Gasteiger partial charge >= 0.3 is 5.97 Å². The minimum Gasteiger partial charge on any atom is -0.506 e. The van der Waals surface area contributed by atoms with Gasteiger partial charge in [0.1, 0.15) is 17.9 Å². The molecule has 1 amide bonds. The topological polar surface area (TPSA) is 104 Å². The third kappa shape index (κ3) is 3.48. The number of carbonyl (C=O) groups is 3. The van der Waals surface area contributed by atoms with Crippen LogP contribution in [0.15, 0.2) is 42.0 Å². The number of aliphatic carboxylic acids is 1. The summed E-state index contributed by atoms with van der Waals surface area (Å²) in [5.74, 6) is -4.27. The Morgan fingerprint density at radius 2 is 1.75 bits per heavy atom. The van der Waals surface area contributed by atoms with Gasteiger partial charge in [-0.3, -0.25) is 14.4 Å². The van der Waals surface area contributed by atoms with E-state index in [4.69, 9.17) is 28.3 Å². The van der Waals surface area contributed by atoms with Gasteiger partial charge in [0.2, 0.25) is 0 Å². The van der Waals surface area contributed by atoms with Crippen molar-refractivity contribution in [2.45, 2.75) is 12.8 Å². The van der Waals surface area contributed by atoms with Crippen molar-refractivity contribution < 1.29 is 24.6 Å². The summed E-state index contributed by atoms with van der Waals surface area (Å²) in [6.45, 7) is 0.981. The van der Waals surface area contributed by atoms with E-state index in [9.17, 15) is 19.5 Å². The molecule has 1 aliphatic carbocycles. The number of fused-ring (bicyclic) bond motifs is 1. The number of hydrogen-bond donors (Lipinski definition) is 3. The van der Waals surface area contributed by atoms with Gasteiger partial charge in [-0.05, 0) is 41.8 Å². The van der Waals surface area contributed by atoms with Gasteiger partial charge in [-0.25, -0.2) is 0 Å². The lowest BCUT2D eigenvalue weighted by atomic mass is 9.76. The first kappa shape index (κ1) is 19.9. The van der Waals surface area contributed by atoms with Gasteiger partial charge in [-0.15, -0.1) is 0 Å². The molecule has 8 heteroatoms. The fourth-order valence-corrected chi connectivity index (χ4v) is 3.52. The van der Waals surface area contributed by atoms with Crippen molar-refractivity contribution in [3.05, 3.63) is 74.3 Å². The molecule has 0 fully saturated rings. The summed E-state index contributed by atoms with van der Waals surface area (Å²) in [5, 5.41) is 22.5. The Hall–Kier alpha value is -2.83. The third-order valence-corrected chi connectivity index (χ3v) is 5.22. The molecule has 28 heavy (non-hydrogen) atoms. The average molecular weight is 420 g/mol. The summed E-state index contributed by atoms with van der Waals surface area (Å²) in [6, 6.07) is 9.81. The van der Waals surface area contributed by atoms with Crippen LogP contribution in [0.25, 0.3) is 5.76 Å². The summed E-state index contributed by atoms with van der Waals surface area (Å²) < 4.78 is 0. The molecular weight excluding hydrogens is 405 g/mol. The highest BCUT2D eigenvalue weighted by atomic mass is 35.5. The highest BCUT2D eigenvalue weighted by Crippen LogP contribution is 2.42. The van der Waals surface area contributed by atoms with Crippen LogP contribution in [0.5, 0.6) is 0 Å². The molecule has 0 saturated heterocycles. The summed E-state index contributed by atoms with van der Waals surface area (Å²) in [7, 11) is 0. The molecule has 0 spiro atoms. The van der Waals surface area contributed by atoms with Crippen LogP contribution >= 0.6 is 23.2 Å². The number of carbonyl (C=O) groups excluding carboxylic acids is 2. The number of halogens is 2. The fourth-order valence-electron chi connectivity index (χ4n) is 3.24. The Bertz CT molecular complexity index is 1030. The Morgan fingerprint density at radius 1 is 1.11 bits per heavy atom. The molecule has 0 aromatic heterocycles. The van der Waals surface area contributed by atoms with E-state index in [1.54, 1.807) is 43.3 Å². The SMILES string of the molecule is Cc1c(Cl)ccc2c1C(O)=C(C(=O)NCC(=O)O)C(=O)[C@H]2c1ccc(Cl)cc1. The van der Waals surface area contributed by atoms with Gasteiger partial charge < -0.3 is 15.5 Å². The summed E-state index contributed by atoms with van der Waals surface area (Å²) >= 11 is 12.1. The van der Waals surface area contributed by atoms with Crippen LogP contribution in [0.1, 0.15) is 28.2 Å². The smallest absolute Gasteiger partial charge is 0.322 e. The molecule has 3 N–H and O–H groups in total. The number of amides is 1. The normalized spacial score (nSPS) is 16.0. The lowest BCUT2D eigenvalue weighted by Crippen LogP contribution is -2.37. The van der Waals surface area contributed by atoms with Gasteiger partial charge in [0, 0.05) is 15.6 Å². The van der Waals surface area contributed by atoms with Gasteiger partial charge in [0.15, 0.2) is 5.78 Å². The number of hydrogen-bond acceptors (Lipinski definition) is 4. The Balaban J connectivity index is 2.21. The number of benzene rings is 2. The highest BCUT2D eigenvalue weighted by Gasteiger charge is 2.39. The van der Waals surface area contributed by atoms with Crippen molar-refractivity contribution in [3.63, 3.8) is 0 Å². The molecule has 144 valence electrons. The molecule has 0 bridgehead atoms. The number of rotatable bonds is 4. The maximum atomic E-state index is 13.2. The molecule has 0 radical (unpaired) electrons. The van der Waals surface area contributed by atoms with E-state index in [0.29, 0.717) is 26.7 Å². The molecule has 3 rings (SSSR count). The second kappa shape index (κ2) is 7.66. The first-order valence-corrected chi connectivity index (χ1v) is 9.00. The molecule has 1 atom stereocenters. The van der Waals surface area contributed by atoms with Crippen LogP contribution in [0.3, 0.4) is 0 Å². The lowest BCUT2D eigenvalue weighted by molar-refractivity contribution is -0.137. The van der Waals surface area contributed by atoms with Crippen molar-refractivity contribution in [2.75, 3.05) is 6.54 Å². The Kier molecular flexibility index (Phi) is 5.45. The summed E-state index contributed by atoms with van der Waals surface area (Å²) in [6.07, 6.45) is 0. The standard InChI is InChI=1S/C20H15Cl2NO5/c1-9-13(22)7-6-12-15(9)18(26)17(20(28)23-8-14(24)25)19(27)16(12)10-2-4-11(21)5-3-10/h2-7,16,26H,8H2,1H3,(H,23,28)(H,24,25)/t16-/m0/s1. The molecule has 0 saturated carbocycles. The van der Waals surface area contributed by atoms with Gasteiger partial charge in [0.05, 0.1) is 5.92 Å². The van der Waals surface area contributed by atoms with E-state index in [1.807, 2.05) is 0 Å². The Morgan fingerprint density at radius 3 is 2.36 bits per heavy atom. The largest absolute Gasteiger partial charge is 0.506 e. The van der Waals surface area contributed by atoms with Crippen LogP contribution < -0.4 is 5.32 Å². The van der Waals surface area contributed by atoms with Crippen LogP contribution in [0.4, 0.5) is 0 Å². The first-order chi connectivity index (χ1) is 13.2. The molecule has 0 unspecified atom stereocenters. The van der Waals surface area contributed by atoms with Crippen LogP contribution in [0.2, 0.25) is 10.0 Å². The van der Waals surface area contributed by atoms with E-state index in [-0.39, 0.29) is 5.56 Å². The fraction of sp³-hybridized carbons (Fsp3) is 0.150. The predicted octanol–water partition coefficient (Wildman–Crippen LogP) is 3.49. The Labute approximate surface area is 170 Å². The molecule has 2 aromatic rings. The molecule has 1 aliphatic rings. The minimum atomic E-state index is -1.27. The second-order valence-corrected chi connectivity index (χ2v) is 7.13. The zero-order valence-electron chi connectivity index (χ0n) is 14.6. The van der Waals surface area contributed by atoms with Gasteiger partial charge in [-0.2, -0.15) is 0 Å². The molecule has 0 heterocycles. The van der Waals surface area contributed by atoms with Crippen molar-refractivity contribution in [2.24, 2.45) is 0 Å². The number of carboxylic acids is 1. The van der Waals surface area contributed by atoms with E-state index in [0.717, 1.165) is 0 Å². The molecular formula is C20H15Cl2NO5. The van der Waals surface area contributed by atoms with Gasteiger partial charge in [0.25, 0.3) is 5.91 Å². The molecule has 2 aromatic carbocycles. The number of ketones is 1. The van der Waals surface area contributed by atoms with Crippen molar-refractivity contribution in [1.29, 1.82) is 0 Å². The quantitative estimate of drug-likeness (QED) is 0.657. The summed E-state index contributed by atoms with van der Waals surface area (Å²) in [5.41, 5.74) is 1.37. The average Bonchev–Trinajstić information content (AvgIpc) is 2.64. The van der Waals surface area contributed by atoms with Crippen molar-refractivity contribution >= 4 is 46.6 Å². The second-order valence-electron chi connectivity index (χ2n) is 6.29.